The number of carboxylic acid groups (broad SMARTS) is 1. The van der Waals surface area contributed by atoms with Gasteiger partial charge in [0.2, 0.25) is 11.1 Å². The first kappa shape index (κ1) is 18.0. The number of carboxylic acids is 1. The van der Waals surface area contributed by atoms with Crippen LogP contribution >= 0.6 is 0 Å². The number of fused-ring (bicyclic) bond motifs is 1. The number of nitriles is 1. The molecular formula is C18H11F2N3O4. The Kier molecular flexibility index (Phi) is 4.33. The van der Waals surface area contributed by atoms with Gasteiger partial charge in [-0.15, -0.1) is 0 Å². The highest BCUT2D eigenvalue weighted by Gasteiger charge is 2.23. The minimum absolute atomic E-state index is 0.00160. The maximum absolute atomic E-state index is 12.9. The summed E-state index contributed by atoms with van der Waals surface area (Å²) in [5.41, 5.74) is -1.13. The van der Waals surface area contributed by atoms with Crippen molar-refractivity contribution in [3.05, 3.63) is 63.9 Å². The van der Waals surface area contributed by atoms with Crippen LogP contribution in [0.1, 0.15) is 23.0 Å². The molecule has 0 aliphatic carbocycles. The van der Waals surface area contributed by atoms with Gasteiger partial charge >= 0.3 is 12.1 Å². The molecular weight excluding hydrogens is 360 g/mol. The van der Waals surface area contributed by atoms with Crippen molar-refractivity contribution in [1.82, 2.24) is 9.78 Å². The van der Waals surface area contributed by atoms with Gasteiger partial charge < -0.3 is 9.84 Å². The van der Waals surface area contributed by atoms with E-state index in [1.165, 1.54) is 42.5 Å². The minimum Gasteiger partial charge on any atom is -0.476 e. The maximum atomic E-state index is 12.9. The van der Waals surface area contributed by atoms with Gasteiger partial charge in [0, 0.05) is 6.92 Å². The Balaban J connectivity index is 2.26. The van der Waals surface area contributed by atoms with Crippen LogP contribution in [0, 0.1) is 11.3 Å². The fourth-order valence-corrected chi connectivity index (χ4v) is 2.57. The molecule has 0 bridgehead atoms. The average Bonchev–Trinajstić information content (AvgIpc) is 2.61. The largest absolute Gasteiger partial charge is 0.476 e. The van der Waals surface area contributed by atoms with E-state index in [0.29, 0.717) is 12.6 Å². The Morgan fingerprint density at radius 1 is 1.26 bits per heavy atom. The van der Waals surface area contributed by atoms with Crippen molar-refractivity contribution in [1.29, 1.82) is 5.26 Å². The lowest BCUT2D eigenvalue weighted by Crippen LogP contribution is -2.23. The Hall–Kier alpha value is -3.80. The van der Waals surface area contributed by atoms with Crippen molar-refractivity contribution in [2.24, 2.45) is 0 Å². The molecule has 1 N–H and O–H groups in total. The van der Waals surface area contributed by atoms with Gasteiger partial charge in [0.25, 0.3) is 0 Å². The number of benzene rings is 2. The van der Waals surface area contributed by atoms with Crippen LogP contribution in [0.4, 0.5) is 8.78 Å². The molecule has 136 valence electrons. The first-order valence-corrected chi connectivity index (χ1v) is 7.58. The second-order valence-corrected chi connectivity index (χ2v) is 5.61. The quantitative estimate of drug-likeness (QED) is 0.756. The number of rotatable bonds is 4. The topological polar surface area (TPSA) is 105 Å². The van der Waals surface area contributed by atoms with E-state index in [0.717, 1.165) is 4.68 Å². The second-order valence-electron chi connectivity index (χ2n) is 5.61. The predicted octanol–water partition coefficient (Wildman–Crippen LogP) is 2.95. The van der Waals surface area contributed by atoms with Crippen LogP contribution in [-0.4, -0.2) is 27.0 Å². The van der Waals surface area contributed by atoms with Gasteiger partial charge in [-0.3, -0.25) is 4.79 Å². The highest BCUT2D eigenvalue weighted by atomic mass is 19.3. The number of alkyl halides is 2. The summed E-state index contributed by atoms with van der Waals surface area (Å²) in [7, 11) is 0. The number of nitrogens with zero attached hydrogens (tertiary/aromatic N) is 3. The zero-order valence-corrected chi connectivity index (χ0v) is 13.8. The average molecular weight is 371 g/mol. The van der Waals surface area contributed by atoms with E-state index in [1.807, 2.05) is 6.07 Å². The zero-order valence-electron chi connectivity index (χ0n) is 13.8. The number of hydrogen-bond acceptors (Lipinski definition) is 5. The molecule has 1 heterocycles. The summed E-state index contributed by atoms with van der Waals surface area (Å²) in [6.07, 6.45) is -3.36. The van der Waals surface area contributed by atoms with Crippen molar-refractivity contribution in [2.45, 2.75) is 13.0 Å². The van der Waals surface area contributed by atoms with Gasteiger partial charge in [-0.25, -0.2) is 9.48 Å². The van der Waals surface area contributed by atoms with Gasteiger partial charge in [-0.05, 0) is 36.4 Å². The van der Waals surface area contributed by atoms with E-state index in [1.54, 1.807) is 0 Å². The molecule has 0 unspecified atom stereocenters. The molecule has 0 spiro atoms. The van der Waals surface area contributed by atoms with E-state index in [9.17, 15) is 28.7 Å². The lowest BCUT2D eigenvalue weighted by Gasteiger charge is -2.14. The molecule has 0 aliphatic heterocycles. The molecule has 0 atom stereocenters. The van der Waals surface area contributed by atoms with E-state index in [4.69, 9.17) is 0 Å². The number of carbonyl (C=O) groups is 1. The molecule has 0 radical (unpaired) electrons. The lowest BCUT2D eigenvalue weighted by atomic mass is 10.1. The third kappa shape index (κ3) is 3.46. The normalized spacial score (nSPS) is 11.2. The first-order valence-electron chi connectivity index (χ1n) is 7.58. The van der Waals surface area contributed by atoms with Crippen molar-refractivity contribution in [2.75, 3.05) is 0 Å². The highest BCUT2D eigenvalue weighted by Crippen LogP contribution is 2.24. The third-order valence-corrected chi connectivity index (χ3v) is 3.61. The van der Waals surface area contributed by atoms with E-state index in [-0.39, 0.29) is 22.2 Å². The number of aromatic nitrogens is 2. The standard InChI is InChI=1S/C18H11F2N3O4/c1-18(19,20)27-12-7-5-11(6-8-12)23-13-4-2-3-10(9-21)14(13)16(24)15(22-23)17(25)26/h2-8H,1H3,(H,25,26). The fraction of sp³-hybridized carbons (Fsp3) is 0.111. The number of aromatic carboxylic acids is 1. The molecule has 27 heavy (non-hydrogen) atoms. The SMILES string of the molecule is CC(F)(F)Oc1ccc(-n2nc(C(=O)O)c(=O)c3c(C#N)cccc32)cc1. The van der Waals surface area contributed by atoms with Crippen LogP contribution in [0.5, 0.6) is 5.75 Å². The van der Waals surface area contributed by atoms with Crippen molar-refractivity contribution < 1.29 is 23.4 Å². The number of hydrogen-bond donors (Lipinski definition) is 1. The molecule has 0 saturated heterocycles. The summed E-state index contributed by atoms with van der Waals surface area (Å²) >= 11 is 0. The summed E-state index contributed by atoms with van der Waals surface area (Å²) in [4.78, 5) is 23.8. The molecule has 3 aromatic rings. The lowest BCUT2D eigenvalue weighted by molar-refractivity contribution is -0.158. The predicted molar refractivity (Wildman–Crippen MR) is 90.3 cm³/mol. The van der Waals surface area contributed by atoms with Crippen LogP contribution < -0.4 is 10.2 Å². The van der Waals surface area contributed by atoms with E-state index < -0.39 is 23.2 Å². The monoisotopic (exact) mass is 371 g/mol. The fourth-order valence-electron chi connectivity index (χ4n) is 2.57. The van der Waals surface area contributed by atoms with Gasteiger partial charge in [0.05, 0.1) is 28.2 Å². The van der Waals surface area contributed by atoms with Gasteiger partial charge in [0.1, 0.15) is 5.75 Å². The van der Waals surface area contributed by atoms with Crippen molar-refractivity contribution >= 4 is 16.9 Å². The van der Waals surface area contributed by atoms with Crippen LogP contribution in [0.25, 0.3) is 16.6 Å². The summed E-state index contributed by atoms with van der Waals surface area (Å²) in [5, 5.41) is 22.3. The Labute approximate surface area is 150 Å². The molecule has 0 amide bonds. The smallest absolute Gasteiger partial charge is 0.394 e. The summed E-state index contributed by atoms with van der Waals surface area (Å²) < 4.78 is 31.5. The van der Waals surface area contributed by atoms with Gasteiger partial charge in [0.15, 0.2) is 0 Å². The molecule has 9 heteroatoms. The molecule has 0 aliphatic rings. The van der Waals surface area contributed by atoms with E-state index in [2.05, 4.69) is 9.84 Å². The number of halogens is 2. The minimum atomic E-state index is -3.36. The molecule has 7 nitrogen and oxygen atoms in total. The highest BCUT2D eigenvalue weighted by molar-refractivity contribution is 5.93. The first-order chi connectivity index (χ1) is 12.7. The van der Waals surface area contributed by atoms with Crippen LogP contribution in [-0.2, 0) is 0 Å². The molecule has 2 aromatic carbocycles. The molecule has 1 aromatic heterocycles. The van der Waals surface area contributed by atoms with Gasteiger partial charge in [-0.1, -0.05) is 6.07 Å². The van der Waals surface area contributed by atoms with Gasteiger partial charge in [-0.2, -0.15) is 19.1 Å². The van der Waals surface area contributed by atoms with Crippen LogP contribution in [0.2, 0.25) is 0 Å². The van der Waals surface area contributed by atoms with Crippen molar-refractivity contribution in [3.63, 3.8) is 0 Å². The second kappa shape index (κ2) is 6.49. The number of ether oxygens (including phenoxy) is 1. The van der Waals surface area contributed by atoms with Crippen LogP contribution in [0.15, 0.2) is 47.3 Å². The van der Waals surface area contributed by atoms with Crippen LogP contribution in [0.3, 0.4) is 0 Å². The summed E-state index contributed by atoms with van der Waals surface area (Å²) in [5.74, 6) is -1.65. The van der Waals surface area contributed by atoms with E-state index >= 15 is 0 Å². The molecule has 0 saturated carbocycles. The molecule has 3 rings (SSSR count). The Morgan fingerprint density at radius 3 is 2.48 bits per heavy atom. The summed E-state index contributed by atoms with van der Waals surface area (Å²) in [6.45, 7) is 0.597. The summed E-state index contributed by atoms with van der Waals surface area (Å²) in [6, 6.07) is 11.5. The Bertz CT molecular complexity index is 1140. The van der Waals surface area contributed by atoms with Crippen molar-refractivity contribution in [3.8, 4) is 17.5 Å². The Morgan fingerprint density at radius 2 is 1.93 bits per heavy atom. The third-order valence-electron chi connectivity index (χ3n) is 3.61. The molecule has 0 fully saturated rings. The zero-order chi connectivity index (χ0) is 19.8. The maximum Gasteiger partial charge on any atom is 0.394 e.